The van der Waals surface area contributed by atoms with E-state index in [1.54, 1.807) is 42.7 Å². The maximum absolute atomic E-state index is 12.0. The van der Waals surface area contributed by atoms with Crippen molar-refractivity contribution in [1.82, 2.24) is 15.2 Å². The minimum absolute atomic E-state index is 0.0223. The number of anilines is 2. The van der Waals surface area contributed by atoms with E-state index in [1.165, 1.54) is 24.9 Å². The quantitative estimate of drug-likeness (QED) is 0.236. The van der Waals surface area contributed by atoms with Crippen LogP contribution < -0.4 is 10.7 Å². The van der Waals surface area contributed by atoms with Gasteiger partial charge in [-0.15, -0.1) is 5.10 Å². The van der Waals surface area contributed by atoms with Gasteiger partial charge in [0.2, 0.25) is 17.0 Å². The SMILES string of the molecule is CC(=O)c1ccc(NC(=O)CSc2n[nH]c(N/N=C\c3ccco3)n2)cc1. The van der Waals surface area contributed by atoms with Crippen molar-refractivity contribution in [3.05, 3.63) is 54.0 Å². The number of hydrazone groups is 1. The number of rotatable bonds is 8. The zero-order chi connectivity index (χ0) is 19.1. The van der Waals surface area contributed by atoms with Crippen molar-refractivity contribution in [2.45, 2.75) is 12.1 Å². The van der Waals surface area contributed by atoms with Crippen LogP contribution in [-0.4, -0.2) is 38.8 Å². The molecule has 0 unspecified atom stereocenters. The van der Waals surface area contributed by atoms with Gasteiger partial charge in [0, 0.05) is 11.3 Å². The number of benzene rings is 1. The minimum Gasteiger partial charge on any atom is -0.463 e. The van der Waals surface area contributed by atoms with Crippen LogP contribution in [0.5, 0.6) is 0 Å². The molecule has 3 rings (SSSR count). The second kappa shape index (κ2) is 8.81. The fourth-order valence-corrected chi connectivity index (χ4v) is 2.60. The van der Waals surface area contributed by atoms with Crippen LogP contribution in [0.25, 0.3) is 0 Å². The Kier molecular flexibility index (Phi) is 6.00. The molecule has 1 aromatic carbocycles. The van der Waals surface area contributed by atoms with Crippen LogP contribution in [0.4, 0.5) is 11.6 Å². The smallest absolute Gasteiger partial charge is 0.240 e. The number of aromatic nitrogens is 3. The van der Waals surface area contributed by atoms with Crippen LogP contribution in [-0.2, 0) is 4.79 Å². The first kappa shape index (κ1) is 18.4. The van der Waals surface area contributed by atoms with Gasteiger partial charge in [-0.1, -0.05) is 11.8 Å². The average molecular weight is 384 g/mol. The number of thioether (sulfide) groups is 1. The molecule has 0 bridgehead atoms. The van der Waals surface area contributed by atoms with E-state index in [2.05, 4.69) is 31.0 Å². The molecular formula is C17H16N6O3S. The van der Waals surface area contributed by atoms with Crippen molar-refractivity contribution in [3.63, 3.8) is 0 Å². The fourth-order valence-electron chi connectivity index (χ4n) is 2.00. The highest BCUT2D eigenvalue weighted by atomic mass is 32.2. The minimum atomic E-state index is -0.203. The van der Waals surface area contributed by atoms with E-state index in [0.29, 0.717) is 28.1 Å². The van der Waals surface area contributed by atoms with Crippen LogP contribution in [0.15, 0.2) is 57.3 Å². The van der Waals surface area contributed by atoms with Crippen LogP contribution >= 0.6 is 11.8 Å². The molecule has 138 valence electrons. The average Bonchev–Trinajstić information content (AvgIpc) is 3.32. The van der Waals surface area contributed by atoms with Crippen molar-refractivity contribution in [2.24, 2.45) is 5.10 Å². The lowest BCUT2D eigenvalue weighted by Gasteiger charge is -2.04. The van der Waals surface area contributed by atoms with Gasteiger partial charge in [-0.05, 0) is 43.3 Å². The molecule has 9 nitrogen and oxygen atoms in total. The van der Waals surface area contributed by atoms with E-state index in [4.69, 9.17) is 4.42 Å². The van der Waals surface area contributed by atoms with Crippen molar-refractivity contribution in [3.8, 4) is 0 Å². The molecule has 0 aliphatic rings. The molecule has 0 spiro atoms. The number of furan rings is 1. The van der Waals surface area contributed by atoms with Crippen molar-refractivity contribution >= 4 is 41.3 Å². The summed E-state index contributed by atoms with van der Waals surface area (Å²) in [6.07, 6.45) is 3.05. The van der Waals surface area contributed by atoms with Gasteiger partial charge in [-0.25, -0.2) is 10.5 Å². The third-order valence-electron chi connectivity index (χ3n) is 3.28. The van der Waals surface area contributed by atoms with E-state index in [0.717, 1.165) is 0 Å². The zero-order valence-corrected chi connectivity index (χ0v) is 15.1. The molecule has 10 heteroatoms. The molecular weight excluding hydrogens is 368 g/mol. The summed E-state index contributed by atoms with van der Waals surface area (Å²) < 4.78 is 5.11. The van der Waals surface area contributed by atoms with Gasteiger partial charge in [0.05, 0.1) is 18.2 Å². The number of hydrogen-bond donors (Lipinski definition) is 3. The van der Waals surface area contributed by atoms with Crippen molar-refractivity contribution in [1.29, 1.82) is 0 Å². The molecule has 3 aromatic rings. The van der Waals surface area contributed by atoms with Crippen LogP contribution in [0.1, 0.15) is 23.0 Å². The Hall–Kier alpha value is -3.40. The maximum atomic E-state index is 12.0. The predicted molar refractivity (Wildman–Crippen MR) is 102 cm³/mol. The first-order valence-electron chi connectivity index (χ1n) is 7.89. The zero-order valence-electron chi connectivity index (χ0n) is 14.3. The van der Waals surface area contributed by atoms with Crippen LogP contribution in [0.3, 0.4) is 0 Å². The number of ketones is 1. The molecule has 27 heavy (non-hydrogen) atoms. The van der Waals surface area contributed by atoms with Crippen molar-refractivity contribution < 1.29 is 14.0 Å². The number of amides is 1. The Morgan fingerprint density at radius 1 is 1.30 bits per heavy atom. The Morgan fingerprint density at radius 3 is 2.81 bits per heavy atom. The summed E-state index contributed by atoms with van der Waals surface area (Å²) in [5.41, 5.74) is 3.90. The molecule has 0 aliphatic heterocycles. The Morgan fingerprint density at radius 2 is 2.11 bits per heavy atom. The summed E-state index contributed by atoms with van der Waals surface area (Å²) in [7, 11) is 0. The summed E-state index contributed by atoms with van der Waals surface area (Å²) in [4.78, 5) is 27.4. The van der Waals surface area contributed by atoms with Gasteiger partial charge in [0.15, 0.2) is 5.78 Å². The monoisotopic (exact) mass is 384 g/mol. The Labute approximate surface area is 158 Å². The second-order valence-electron chi connectivity index (χ2n) is 5.32. The molecule has 2 aromatic heterocycles. The highest BCUT2D eigenvalue weighted by molar-refractivity contribution is 7.99. The number of aromatic amines is 1. The highest BCUT2D eigenvalue weighted by Gasteiger charge is 2.08. The van der Waals surface area contributed by atoms with E-state index in [9.17, 15) is 9.59 Å². The van der Waals surface area contributed by atoms with E-state index in [-0.39, 0.29) is 17.4 Å². The number of Topliss-reactive ketones (excluding diaryl/α,β-unsaturated/α-hetero) is 1. The van der Waals surface area contributed by atoms with Crippen LogP contribution in [0.2, 0.25) is 0 Å². The number of carbonyl (C=O) groups excluding carboxylic acids is 2. The summed E-state index contributed by atoms with van der Waals surface area (Å²) in [6, 6.07) is 10.2. The number of carbonyl (C=O) groups is 2. The largest absolute Gasteiger partial charge is 0.463 e. The molecule has 0 aliphatic carbocycles. The van der Waals surface area contributed by atoms with E-state index >= 15 is 0 Å². The lowest BCUT2D eigenvalue weighted by atomic mass is 10.1. The second-order valence-corrected chi connectivity index (χ2v) is 6.26. The van der Waals surface area contributed by atoms with Gasteiger partial charge < -0.3 is 9.73 Å². The van der Waals surface area contributed by atoms with Gasteiger partial charge >= 0.3 is 0 Å². The molecule has 0 fully saturated rings. The number of nitrogens with one attached hydrogen (secondary N) is 3. The molecule has 0 radical (unpaired) electrons. The number of hydrogen-bond acceptors (Lipinski definition) is 8. The number of nitrogens with zero attached hydrogens (tertiary/aromatic N) is 3. The summed E-state index contributed by atoms with van der Waals surface area (Å²) in [6.45, 7) is 1.49. The standard InChI is InChI=1S/C17H16N6O3S/c1-11(24)12-4-6-13(7-5-12)19-15(25)10-27-17-20-16(22-23-17)21-18-9-14-3-2-8-26-14/h2-9H,10H2,1H3,(H,19,25)(H2,20,21,22,23)/b18-9-. The molecule has 0 saturated carbocycles. The first-order chi connectivity index (χ1) is 13.1. The lowest BCUT2D eigenvalue weighted by molar-refractivity contribution is -0.113. The molecule has 2 heterocycles. The molecule has 0 atom stereocenters. The topological polar surface area (TPSA) is 125 Å². The van der Waals surface area contributed by atoms with Gasteiger partial charge in [-0.3, -0.25) is 9.59 Å². The predicted octanol–water partition coefficient (Wildman–Crippen LogP) is 2.78. The summed E-state index contributed by atoms with van der Waals surface area (Å²) in [5, 5.41) is 13.8. The number of H-pyrrole nitrogens is 1. The third-order valence-corrected chi connectivity index (χ3v) is 4.13. The molecule has 1 amide bonds. The highest BCUT2D eigenvalue weighted by Crippen LogP contribution is 2.15. The Balaban J connectivity index is 1.45. The maximum Gasteiger partial charge on any atom is 0.240 e. The lowest BCUT2D eigenvalue weighted by Crippen LogP contribution is -2.14. The van der Waals surface area contributed by atoms with Gasteiger partial charge in [0.25, 0.3) is 0 Å². The summed E-state index contributed by atoms with van der Waals surface area (Å²) >= 11 is 1.18. The summed E-state index contributed by atoms with van der Waals surface area (Å²) in [5.74, 6) is 0.864. The van der Waals surface area contributed by atoms with Crippen molar-refractivity contribution in [2.75, 3.05) is 16.5 Å². The van der Waals surface area contributed by atoms with E-state index in [1.807, 2.05) is 0 Å². The molecule has 3 N–H and O–H groups in total. The fraction of sp³-hybridized carbons (Fsp3) is 0.118. The first-order valence-corrected chi connectivity index (χ1v) is 8.87. The third kappa shape index (κ3) is 5.54. The van der Waals surface area contributed by atoms with Gasteiger partial charge in [0.1, 0.15) is 5.76 Å². The van der Waals surface area contributed by atoms with Crippen LogP contribution in [0, 0.1) is 0 Å². The Bertz CT molecular complexity index is 934. The molecule has 0 saturated heterocycles. The van der Waals surface area contributed by atoms with E-state index < -0.39 is 0 Å². The normalized spacial score (nSPS) is 10.9. The van der Waals surface area contributed by atoms with Gasteiger partial charge in [-0.2, -0.15) is 10.1 Å².